The molecule has 0 saturated heterocycles. The van der Waals surface area contributed by atoms with Crippen LogP contribution < -0.4 is 0 Å². The van der Waals surface area contributed by atoms with Gasteiger partial charge in [-0.25, -0.2) is 0 Å². The molecule has 438 valence electrons. The highest BCUT2D eigenvalue weighted by atomic mass is 16.6. The van der Waals surface area contributed by atoms with Gasteiger partial charge in [-0.05, 0) is 96.3 Å². The van der Waals surface area contributed by atoms with Gasteiger partial charge in [-0.1, -0.05) is 292 Å². The molecule has 1 atom stereocenters. The Balaban J connectivity index is 4.27. The van der Waals surface area contributed by atoms with Gasteiger partial charge in [-0.15, -0.1) is 0 Å². The molecule has 0 aliphatic carbocycles. The molecule has 0 spiro atoms. The molecular weight excluding hydrogens is 937 g/mol. The highest BCUT2D eigenvalue weighted by Crippen LogP contribution is 2.16. The lowest BCUT2D eigenvalue weighted by molar-refractivity contribution is -0.167. The normalized spacial score (nSPS) is 12.6. The number of unbranched alkanes of at least 4 members (excludes halogenated alkanes) is 34. The van der Waals surface area contributed by atoms with E-state index in [9.17, 15) is 14.4 Å². The van der Waals surface area contributed by atoms with E-state index < -0.39 is 6.10 Å². The predicted molar refractivity (Wildman–Crippen MR) is 330 cm³/mol. The van der Waals surface area contributed by atoms with Crippen molar-refractivity contribution in [3.05, 3.63) is 85.1 Å². The van der Waals surface area contributed by atoms with Gasteiger partial charge in [-0.2, -0.15) is 0 Å². The van der Waals surface area contributed by atoms with Crippen molar-refractivity contribution < 1.29 is 28.6 Å². The largest absolute Gasteiger partial charge is 0.462 e. The summed E-state index contributed by atoms with van der Waals surface area (Å²) < 4.78 is 16.9. The van der Waals surface area contributed by atoms with Gasteiger partial charge in [-0.3, -0.25) is 14.4 Å². The Morgan fingerprint density at radius 2 is 0.513 bits per heavy atom. The maximum Gasteiger partial charge on any atom is 0.306 e. The maximum atomic E-state index is 12.9. The third kappa shape index (κ3) is 61.4. The SMILES string of the molecule is CC/C=C\C/C=C\C/C=C\C/C=C\C/C=C\C/C=C\CCCCCCCCCCCCC(=O)OCC(COC(=O)CCCCCCCCCCCCCCCC)OC(=O)CCCCCCC/C=C\CCCCCCCC. The molecular formula is C70H122O6. The Kier molecular flexibility index (Phi) is 61.2. The first-order valence-electron chi connectivity index (χ1n) is 32.6. The zero-order valence-corrected chi connectivity index (χ0v) is 50.3. The van der Waals surface area contributed by atoms with Gasteiger partial charge in [0.15, 0.2) is 6.10 Å². The minimum atomic E-state index is -0.781. The van der Waals surface area contributed by atoms with Gasteiger partial charge < -0.3 is 14.2 Å². The van der Waals surface area contributed by atoms with Crippen molar-refractivity contribution in [1.82, 2.24) is 0 Å². The van der Waals surface area contributed by atoms with E-state index in [2.05, 4.69) is 106 Å². The topological polar surface area (TPSA) is 78.9 Å². The maximum absolute atomic E-state index is 12.9. The number of hydrogen-bond acceptors (Lipinski definition) is 6. The molecule has 0 amide bonds. The molecule has 0 fully saturated rings. The van der Waals surface area contributed by atoms with Crippen molar-refractivity contribution in [2.24, 2.45) is 0 Å². The van der Waals surface area contributed by atoms with Crippen molar-refractivity contribution in [2.75, 3.05) is 13.2 Å². The number of allylic oxidation sites excluding steroid dienone is 14. The number of ether oxygens (including phenoxy) is 3. The summed E-state index contributed by atoms with van der Waals surface area (Å²) in [6, 6.07) is 0. The Morgan fingerprint density at radius 3 is 0.816 bits per heavy atom. The second-order valence-corrected chi connectivity index (χ2v) is 21.6. The first-order valence-corrected chi connectivity index (χ1v) is 32.6. The molecule has 0 aromatic carbocycles. The number of carbonyl (C=O) groups is 3. The average molecular weight is 1060 g/mol. The van der Waals surface area contributed by atoms with E-state index in [4.69, 9.17) is 14.2 Å². The first-order chi connectivity index (χ1) is 37.5. The highest BCUT2D eigenvalue weighted by molar-refractivity contribution is 5.71. The Hall–Kier alpha value is -3.41. The summed E-state index contributed by atoms with van der Waals surface area (Å²) in [5.74, 6) is -0.876. The van der Waals surface area contributed by atoms with E-state index in [0.29, 0.717) is 19.3 Å². The van der Waals surface area contributed by atoms with Crippen LogP contribution in [0.5, 0.6) is 0 Å². The molecule has 1 unspecified atom stereocenters. The second-order valence-electron chi connectivity index (χ2n) is 21.6. The molecule has 0 rings (SSSR count). The zero-order valence-electron chi connectivity index (χ0n) is 50.3. The summed E-state index contributed by atoms with van der Waals surface area (Å²) in [4.78, 5) is 38.3. The summed E-state index contributed by atoms with van der Waals surface area (Å²) in [6.07, 6.45) is 84.4. The molecule has 0 aromatic rings. The minimum Gasteiger partial charge on any atom is -0.462 e. The lowest BCUT2D eigenvalue weighted by Gasteiger charge is -2.18. The third-order valence-electron chi connectivity index (χ3n) is 14.1. The van der Waals surface area contributed by atoms with Crippen LogP contribution in [0.15, 0.2) is 85.1 Å². The summed E-state index contributed by atoms with van der Waals surface area (Å²) in [5.41, 5.74) is 0. The highest BCUT2D eigenvalue weighted by Gasteiger charge is 2.19. The third-order valence-corrected chi connectivity index (χ3v) is 14.1. The van der Waals surface area contributed by atoms with Crippen LogP contribution in [0.3, 0.4) is 0 Å². The van der Waals surface area contributed by atoms with Crippen LogP contribution in [0.4, 0.5) is 0 Å². The summed E-state index contributed by atoms with van der Waals surface area (Å²) >= 11 is 0. The fraction of sp³-hybridized carbons (Fsp3) is 0.757. The van der Waals surface area contributed by atoms with Crippen molar-refractivity contribution in [2.45, 2.75) is 329 Å². The van der Waals surface area contributed by atoms with Crippen LogP contribution >= 0.6 is 0 Å². The molecule has 0 bridgehead atoms. The van der Waals surface area contributed by atoms with Crippen molar-refractivity contribution in [3.63, 3.8) is 0 Å². The van der Waals surface area contributed by atoms with Crippen LogP contribution in [0.25, 0.3) is 0 Å². The molecule has 0 aliphatic rings. The van der Waals surface area contributed by atoms with Crippen molar-refractivity contribution in [1.29, 1.82) is 0 Å². The quantitative estimate of drug-likeness (QED) is 0.0261. The molecule has 0 aliphatic heterocycles. The molecule has 0 aromatic heterocycles. The molecule has 0 heterocycles. The lowest BCUT2D eigenvalue weighted by atomic mass is 10.0. The van der Waals surface area contributed by atoms with Crippen LogP contribution in [-0.2, 0) is 28.6 Å². The standard InChI is InChI=1S/C70H122O6/c1-4-7-10-13-16-19-22-25-28-29-30-31-32-33-34-35-36-37-38-39-40-41-43-45-48-51-54-57-60-63-69(72)75-66-67(65-74-68(71)62-59-56-53-50-47-44-27-24-21-18-15-12-9-6-3)76-70(73)64-61-58-55-52-49-46-42-26-23-20-17-14-11-8-5-2/h7,10,16,19,25-26,28,30-31,33-34,36-37,42,67H,4-6,8-9,11-15,17-18,20-24,27,29,32,35,38-41,43-66H2,1-3H3/b10-7-,19-16-,28-25-,31-30-,34-33-,37-36-,42-26-. The number of hydrogen-bond donors (Lipinski definition) is 0. The van der Waals surface area contributed by atoms with Crippen molar-refractivity contribution in [3.8, 4) is 0 Å². The van der Waals surface area contributed by atoms with E-state index in [1.54, 1.807) is 0 Å². The number of carbonyl (C=O) groups excluding carboxylic acids is 3. The molecule has 0 N–H and O–H groups in total. The van der Waals surface area contributed by atoms with Crippen LogP contribution in [0, 0.1) is 0 Å². The van der Waals surface area contributed by atoms with E-state index in [1.807, 2.05) is 0 Å². The first kappa shape index (κ1) is 72.6. The van der Waals surface area contributed by atoms with Crippen LogP contribution in [-0.4, -0.2) is 37.2 Å². The summed E-state index contributed by atoms with van der Waals surface area (Å²) in [6.45, 7) is 6.54. The minimum absolute atomic E-state index is 0.0771. The molecule has 6 heteroatoms. The smallest absolute Gasteiger partial charge is 0.306 e. The molecule has 76 heavy (non-hydrogen) atoms. The van der Waals surface area contributed by atoms with Gasteiger partial charge in [0.2, 0.25) is 0 Å². The Labute approximate surface area is 471 Å². The fourth-order valence-electron chi connectivity index (χ4n) is 9.27. The van der Waals surface area contributed by atoms with E-state index in [-0.39, 0.29) is 31.1 Å². The van der Waals surface area contributed by atoms with Crippen LogP contribution in [0.1, 0.15) is 323 Å². The predicted octanol–water partition coefficient (Wildman–Crippen LogP) is 22.3. The van der Waals surface area contributed by atoms with Crippen LogP contribution in [0.2, 0.25) is 0 Å². The Bertz CT molecular complexity index is 1450. The van der Waals surface area contributed by atoms with Gasteiger partial charge in [0, 0.05) is 19.3 Å². The molecule has 0 saturated carbocycles. The second kappa shape index (κ2) is 64.1. The fourth-order valence-corrected chi connectivity index (χ4v) is 9.27. The number of esters is 3. The van der Waals surface area contributed by atoms with E-state index >= 15 is 0 Å². The summed E-state index contributed by atoms with van der Waals surface area (Å²) in [5, 5.41) is 0. The molecule has 6 nitrogen and oxygen atoms in total. The lowest BCUT2D eigenvalue weighted by Crippen LogP contribution is -2.30. The summed E-state index contributed by atoms with van der Waals surface area (Å²) in [7, 11) is 0. The average Bonchev–Trinajstić information content (AvgIpc) is 3.42. The Morgan fingerprint density at radius 1 is 0.276 bits per heavy atom. The number of rotatable bonds is 59. The monoisotopic (exact) mass is 1060 g/mol. The molecule has 0 radical (unpaired) electrons. The zero-order chi connectivity index (χ0) is 55.0. The van der Waals surface area contributed by atoms with Gasteiger partial charge in [0.1, 0.15) is 13.2 Å². The van der Waals surface area contributed by atoms with Gasteiger partial charge in [0.25, 0.3) is 0 Å². The van der Waals surface area contributed by atoms with E-state index in [1.165, 1.54) is 173 Å². The van der Waals surface area contributed by atoms with Gasteiger partial charge in [0.05, 0.1) is 0 Å². The van der Waals surface area contributed by atoms with E-state index in [0.717, 1.165) is 109 Å². The van der Waals surface area contributed by atoms with Crippen molar-refractivity contribution >= 4 is 17.9 Å². The van der Waals surface area contributed by atoms with Gasteiger partial charge >= 0.3 is 17.9 Å².